The van der Waals surface area contributed by atoms with Crippen LogP contribution in [0.3, 0.4) is 0 Å². The summed E-state index contributed by atoms with van der Waals surface area (Å²) in [7, 11) is 0. The van der Waals surface area contributed by atoms with Gasteiger partial charge in [0.05, 0.1) is 5.56 Å². The van der Waals surface area contributed by atoms with Gasteiger partial charge in [-0.3, -0.25) is 4.79 Å². The van der Waals surface area contributed by atoms with E-state index in [0.717, 1.165) is 12.1 Å². The van der Waals surface area contributed by atoms with Crippen LogP contribution in [0.15, 0.2) is 18.2 Å². The zero-order valence-corrected chi connectivity index (χ0v) is 9.69. The third kappa shape index (κ3) is 2.81. The highest BCUT2D eigenvalue weighted by molar-refractivity contribution is 9.09. The Balaban J connectivity index is 3.15. The molecular weight excluding hydrogens is 292 g/mol. The van der Waals surface area contributed by atoms with Crippen molar-refractivity contribution in [3.05, 3.63) is 35.1 Å². The maximum atomic E-state index is 13.3. The lowest BCUT2D eigenvalue weighted by atomic mass is 10.1. The number of hydrogen-bond acceptors (Lipinski definition) is 1. The highest BCUT2D eigenvalue weighted by atomic mass is 79.9. The van der Waals surface area contributed by atoms with Crippen molar-refractivity contribution in [3.63, 3.8) is 0 Å². The van der Waals surface area contributed by atoms with E-state index in [9.17, 15) is 22.4 Å². The van der Waals surface area contributed by atoms with E-state index < -0.39 is 22.4 Å². The van der Waals surface area contributed by atoms with E-state index in [1.807, 2.05) is 0 Å². The number of ketones is 1. The Bertz CT molecular complexity index is 414. The second kappa shape index (κ2) is 4.53. The van der Waals surface area contributed by atoms with Crippen molar-refractivity contribution in [2.24, 2.45) is 0 Å². The monoisotopic (exact) mass is 298 g/mol. The average molecular weight is 299 g/mol. The minimum atomic E-state index is -4.59. The van der Waals surface area contributed by atoms with E-state index in [4.69, 9.17) is 0 Å². The number of carbonyl (C=O) groups excluding carboxylic acids is 1. The van der Waals surface area contributed by atoms with Gasteiger partial charge in [-0.15, -0.1) is 0 Å². The predicted octanol–water partition coefficient (Wildman–Crippen LogP) is 3.87. The van der Waals surface area contributed by atoms with Gasteiger partial charge < -0.3 is 0 Å². The summed E-state index contributed by atoms with van der Waals surface area (Å²) in [6.45, 7) is 1.22. The van der Waals surface area contributed by atoms with Gasteiger partial charge in [0.2, 0.25) is 0 Å². The zero-order chi connectivity index (χ0) is 12.5. The maximum Gasteiger partial charge on any atom is 0.416 e. The van der Waals surface area contributed by atoms with Gasteiger partial charge in [-0.05, 0) is 19.1 Å². The minimum absolute atomic E-state index is 0.0968. The predicted molar refractivity (Wildman–Crippen MR) is 53.8 cm³/mol. The average Bonchev–Trinajstić information content (AvgIpc) is 2.15. The molecule has 1 atom stereocenters. The fraction of sp³-hybridized carbons (Fsp3) is 0.300. The Kier molecular flexibility index (Phi) is 3.72. The van der Waals surface area contributed by atoms with E-state index in [-0.39, 0.29) is 11.3 Å². The number of alkyl halides is 4. The molecule has 0 N–H and O–H groups in total. The van der Waals surface area contributed by atoms with Crippen LogP contribution in [0.1, 0.15) is 22.9 Å². The highest BCUT2D eigenvalue weighted by Crippen LogP contribution is 2.33. The molecule has 1 aromatic carbocycles. The van der Waals surface area contributed by atoms with Crippen LogP contribution in [0.2, 0.25) is 0 Å². The Morgan fingerprint density at radius 1 is 1.38 bits per heavy atom. The van der Waals surface area contributed by atoms with Crippen molar-refractivity contribution < 1.29 is 22.4 Å². The fourth-order valence-electron chi connectivity index (χ4n) is 1.13. The van der Waals surface area contributed by atoms with Gasteiger partial charge >= 0.3 is 6.18 Å². The zero-order valence-electron chi connectivity index (χ0n) is 8.11. The van der Waals surface area contributed by atoms with E-state index in [0.29, 0.717) is 6.07 Å². The number of halogens is 5. The van der Waals surface area contributed by atoms with E-state index in [2.05, 4.69) is 15.9 Å². The summed E-state index contributed by atoms with van der Waals surface area (Å²) < 4.78 is 50.0. The second-order valence-corrected chi connectivity index (χ2v) is 4.12. The van der Waals surface area contributed by atoms with Crippen LogP contribution in [0.5, 0.6) is 0 Å². The molecule has 0 aliphatic heterocycles. The minimum Gasteiger partial charge on any atom is -0.298 e. The highest BCUT2D eigenvalue weighted by Gasteiger charge is 2.31. The van der Waals surface area contributed by atoms with Gasteiger partial charge in [-0.2, -0.15) is 13.2 Å². The summed E-state index contributed by atoms with van der Waals surface area (Å²) in [6.07, 6.45) is -4.59. The molecule has 0 saturated carbocycles. The first-order valence-corrected chi connectivity index (χ1v) is 5.16. The Hall–Kier alpha value is -0.910. The number of Topliss-reactive ketones (excluding diaryl/α,β-unsaturated/α-hetero) is 1. The smallest absolute Gasteiger partial charge is 0.298 e. The third-order valence-electron chi connectivity index (χ3n) is 1.96. The summed E-state index contributed by atoms with van der Waals surface area (Å²) >= 11 is 2.91. The summed E-state index contributed by atoms with van der Waals surface area (Å²) in [4.78, 5) is 10.0. The molecule has 1 unspecified atom stereocenters. The maximum absolute atomic E-state index is 13.3. The molecule has 1 aromatic rings. The molecule has 0 spiro atoms. The molecule has 0 heterocycles. The molecule has 0 amide bonds. The third-order valence-corrected chi connectivity index (χ3v) is 3.10. The summed E-state index contributed by atoms with van der Waals surface area (Å²) in [5, 5.41) is 0. The van der Waals surface area contributed by atoms with Crippen molar-refractivity contribution in [2.45, 2.75) is 17.9 Å². The van der Waals surface area contributed by atoms with E-state index >= 15 is 0 Å². The lowest BCUT2D eigenvalue weighted by Gasteiger charge is -2.11. The van der Waals surface area contributed by atoms with Crippen molar-refractivity contribution in [1.29, 1.82) is 0 Å². The van der Waals surface area contributed by atoms with Gasteiger partial charge in [0.1, 0.15) is 16.4 Å². The van der Waals surface area contributed by atoms with Gasteiger partial charge in [-0.1, -0.05) is 22.0 Å². The van der Waals surface area contributed by atoms with Crippen LogP contribution < -0.4 is 0 Å². The van der Waals surface area contributed by atoms with Crippen LogP contribution in [0, 0.1) is 5.82 Å². The van der Waals surface area contributed by atoms with Crippen LogP contribution in [0.4, 0.5) is 17.6 Å². The summed E-state index contributed by atoms with van der Waals surface area (Å²) in [6, 6.07) is 2.08. The van der Waals surface area contributed by atoms with Crippen molar-refractivity contribution in [2.75, 3.05) is 0 Å². The standard InChI is InChI=1S/C10H7BrF4O/c1-5(16)9(11)7-3-2-6(4-8(7)12)10(13,14)15/h2-4,9H,1H3. The van der Waals surface area contributed by atoms with Crippen molar-refractivity contribution in [3.8, 4) is 0 Å². The SMILES string of the molecule is CC(=O)C(Br)c1ccc(C(F)(F)F)cc1F. The number of rotatable bonds is 2. The first-order valence-electron chi connectivity index (χ1n) is 4.24. The Morgan fingerprint density at radius 2 is 1.94 bits per heavy atom. The lowest BCUT2D eigenvalue weighted by molar-refractivity contribution is -0.137. The molecule has 0 radical (unpaired) electrons. The largest absolute Gasteiger partial charge is 0.416 e. The second-order valence-electron chi connectivity index (χ2n) is 3.21. The molecule has 16 heavy (non-hydrogen) atoms. The quantitative estimate of drug-likeness (QED) is 0.598. The summed E-state index contributed by atoms with van der Waals surface area (Å²) in [5.41, 5.74) is -1.17. The molecular formula is C10H7BrF4O. The lowest BCUT2D eigenvalue weighted by Crippen LogP contribution is -2.08. The van der Waals surface area contributed by atoms with Crippen LogP contribution in [-0.4, -0.2) is 5.78 Å². The topological polar surface area (TPSA) is 17.1 Å². The number of carbonyl (C=O) groups is 1. The number of hydrogen-bond donors (Lipinski definition) is 0. The van der Waals surface area contributed by atoms with Gasteiger partial charge in [0.25, 0.3) is 0 Å². The molecule has 0 bridgehead atoms. The fourth-order valence-corrected chi connectivity index (χ4v) is 1.50. The molecule has 88 valence electrons. The van der Waals surface area contributed by atoms with Gasteiger partial charge in [0.15, 0.2) is 0 Å². The Morgan fingerprint density at radius 3 is 2.31 bits per heavy atom. The number of benzene rings is 1. The first kappa shape index (κ1) is 13.2. The molecule has 1 nitrogen and oxygen atoms in total. The van der Waals surface area contributed by atoms with Crippen molar-refractivity contribution in [1.82, 2.24) is 0 Å². The van der Waals surface area contributed by atoms with Crippen LogP contribution in [-0.2, 0) is 11.0 Å². The molecule has 6 heteroatoms. The van der Waals surface area contributed by atoms with Crippen LogP contribution >= 0.6 is 15.9 Å². The van der Waals surface area contributed by atoms with E-state index in [1.54, 1.807) is 0 Å². The Labute approximate surface area is 97.6 Å². The molecule has 0 aliphatic carbocycles. The van der Waals surface area contributed by atoms with Gasteiger partial charge in [0, 0.05) is 5.56 Å². The van der Waals surface area contributed by atoms with Gasteiger partial charge in [-0.25, -0.2) is 4.39 Å². The van der Waals surface area contributed by atoms with Crippen molar-refractivity contribution >= 4 is 21.7 Å². The van der Waals surface area contributed by atoms with E-state index in [1.165, 1.54) is 6.92 Å². The first-order chi connectivity index (χ1) is 7.23. The van der Waals surface area contributed by atoms with Crippen LogP contribution in [0.25, 0.3) is 0 Å². The molecule has 0 fully saturated rings. The molecule has 0 saturated heterocycles. The summed E-state index contributed by atoms with van der Waals surface area (Å²) in [5.74, 6) is -1.43. The normalized spacial score (nSPS) is 13.6. The molecule has 0 aromatic heterocycles. The molecule has 1 rings (SSSR count). The molecule has 0 aliphatic rings.